The summed E-state index contributed by atoms with van der Waals surface area (Å²) < 4.78 is 10.4. The second kappa shape index (κ2) is 7.08. The smallest absolute Gasteiger partial charge is 0.251 e. The zero-order valence-electron chi connectivity index (χ0n) is 12.3. The van der Waals surface area contributed by atoms with Gasteiger partial charge in [0, 0.05) is 25.4 Å². The number of carbonyl (C=O) groups excluding carboxylic acids is 2. The first kappa shape index (κ1) is 15.3. The van der Waals surface area contributed by atoms with Crippen LogP contribution in [0.1, 0.15) is 12.8 Å². The van der Waals surface area contributed by atoms with Crippen LogP contribution < -0.4 is 10.1 Å². The Morgan fingerprint density at radius 2 is 2.29 bits per heavy atom. The molecule has 6 nitrogen and oxygen atoms in total. The molecule has 21 heavy (non-hydrogen) atoms. The molecule has 0 radical (unpaired) electrons. The Kier molecular flexibility index (Phi) is 5.16. The molecular formula is C15H20N2O4. The second-order valence-electron chi connectivity index (χ2n) is 4.98. The standard InChI is InChI=1S/C15H20N2O4/c1-17(15(19)13-7-4-8-21-13)10-14(18)16-11-5-3-6-12(9-11)20-2/h3,5-6,9,13H,4,7-8,10H2,1-2H3,(H,16,18). The molecule has 1 aromatic carbocycles. The van der Waals surface area contributed by atoms with Gasteiger partial charge in [-0.2, -0.15) is 0 Å². The summed E-state index contributed by atoms with van der Waals surface area (Å²) in [5.41, 5.74) is 0.636. The maximum atomic E-state index is 12.0. The summed E-state index contributed by atoms with van der Waals surface area (Å²) in [5, 5.41) is 2.74. The van der Waals surface area contributed by atoms with Crippen LogP contribution >= 0.6 is 0 Å². The van der Waals surface area contributed by atoms with Gasteiger partial charge in [-0.05, 0) is 25.0 Å². The lowest BCUT2D eigenvalue weighted by Crippen LogP contribution is -2.40. The van der Waals surface area contributed by atoms with Crippen molar-refractivity contribution in [3.05, 3.63) is 24.3 Å². The highest BCUT2D eigenvalue weighted by Gasteiger charge is 2.27. The van der Waals surface area contributed by atoms with E-state index in [0.29, 0.717) is 18.0 Å². The lowest BCUT2D eigenvalue weighted by molar-refractivity contribution is -0.141. The number of methoxy groups -OCH3 is 1. The molecule has 0 bridgehead atoms. The van der Waals surface area contributed by atoms with Gasteiger partial charge in [-0.15, -0.1) is 0 Å². The summed E-state index contributed by atoms with van der Waals surface area (Å²) in [6.07, 6.45) is 1.21. The van der Waals surface area contributed by atoms with Crippen LogP contribution in [0.15, 0.2) is 24.3 Å². The Bertz CT molecular complexity index is 512. The minimum atomic E-state index is -0.403. The van der Waals surface area contributed by atoms with E-state index in [0.717, 1.165) is 12.8 Å². The van der Waals surface area contributed by atoms with Crippen LogP contribution in [0.2, 0.25) is 0 Å². The highest BCUT2D eigenvalue weighted by Crippen LogP contribution is 2.17. The molecule has 1 unspecified atom stereocenters. The highest BCUT2D eigenvalue weighted by atomic mass is 16.5. The number of likely N-dealkylation sites (N-methyl/N-ethyl adjacent to an activating group) is 1. The predicted molar refractivity (Wildman–Crippen MR) is 78.2 cm³/mol. The number of nitrogens with one attached hydrogen (secondary N) is 1. The first-order valence-corrected chi connectivity index (χ1v) is 6.90. The quantitative estimate of drug-likeness (QED) is 0.887. The molecule has 0 aliphatic carbocycles. The van der Waals surface area contributed by atoms with E-state index in [1.54, 1.807) is 38.4 Å². The SMILES string of the molecule is COc1cccc(NC(=O)CN(C)C(=O)C2CCCO2)c1. The third-order valence-corrected chi connectivity index (χ3v) is 3.32. The second-order valence-corrected chi connectivity index (χ2v) is 4.98. The molecule has 1 aliphatic rings. The van der Waals surface area contributed by atoms with Crippen LogP contribution in [0.5, 0.6) is 5.75 Å². The maximum Gasteiger partial charge on any atom is 0.251 e. The molecule has 0 aromatic heterocycles. The Hall–Kier alpha value is -2.08. The Labute approximate surface area is 124 Å². The minimum Gasteiger partial charge on any atom is -0.497 e. The van der Waals surface area contributed by atoms with E-state index in [1.807, 2.05) is 0 Å². The van der Waals surface area contributed by atoms with E-state index in [2.05, 4.69) is 5.32 Å². The highest BCUT2D eigenvalue weighted by molar-refractivity contribution is 5.95. The lowest BCUT2D eigenvalue weighted by Gasteiger charge is -2.20. The topological polar surface area (TPSA) is 67.9 Å². The van der Waals surface area contributed by atoms with Crippen molar-refractivity contribution in [2.24, 2.45) is 0 Å². The van der Waals surface area contributed by atoms with Gasteiger partial charge < -0.3 is 19.7 Å². The summed E-state index contributed by atoms with van der Waals surface area (Å²) in [6.45, 7) is 0.607. The van der Waals surface area contributed by atoms with E-state index in [1.165, 1.54) is 4.90 Å². The third kappa shape index (κ3) is 4.19. The van der Waals surface area contributed by atoms with Gasteiger partial charge in [-0.1, -0.05) is 6.07 Å². The molecule has 2 amide bonds. The maximum absolute atomic E-state index is 12.0. The normalized spacial score (nSPS) is 17.3. The third-order valence-electron chi connectivity index (χ3n) is 3.32. The van der Waals surface area contributed by atoms with Crippen LogP contribution in [0, 0.1) is 0 Å². The molecule has 1 heterocycles. The summed E-state index contributed by atoms with van der Waals surface area (Å²) in [5.74, 6) is 0.266. The fourth-order valence-corrected chi connectivity index (χ4v) is 2.21. The van der Waals surface area contributed by atoms with E-state index in [9.17, 15) is 9.59 Å². The number of anilines is 1. The Morgan fingerprint density at radius 3 is 2.95 bits per heavy atom. The van der Waals surface area contributed by atoms with Gasteiger partial charge in [0.05, 0.1) is 13.7 Å². The van der Waals surface area contributed by atoms with Crippen LogP contribution in [0.25, 0.3) is 0 Å². The van der Waals surface area contributed by atoms with Gasteiger partial charge in [-0.3, -0.25) is 9.59 Å². The number of benzene rings is 1. The van der Waals surface area contributed by atoms with Gasteiger partial charge in [-0.25, -0.2) is 0 Å². The Balaban J connectivity index is 1.87. The summed E-state index contributed by atoms with van der Waals surface area (Å²) >= 11 is 0. The van der Waals surface area contributed by atoms with E-state index in [-0.39, 0.29) is 18.4 Å². The first-order chi connectivity index (χ1) is 10.1. The predicted octanol–water partition coefficient (Wildman–Crippen LogP) is 1.27. The van der Waals surface area contributed by atoms with Crippen molar-refractivity contribution in [3.63, 3.8) is 0 Å². The van der Waals surface area contributed by atoms with Crippen LogP contribution in [-0.2, 0) is 14.3 Å². The Morgan fingerprint density at radius 1 is 1.48 bits per heavy atom. The van der Waals surface area contributed by atoms with E-state index < -0.39 is 6.10 Å². The molecule has 1 fully saturated rings. The molecule has 1 N–H and O–H groups in total. The molecule has 114 valence electrons. The van der Waals surface area contributed by atoms with Gasteiger partial charge in [0.25, 0.3) is 5.91 Å². The number of carbonyl (C=O) groups is 2. The van der Waals surface area contributed by atoms with Crippen molar-refractivity contribution >= 4 is 17.5 Å². The lowest BCUT2D eigenvalue weighted by atomic mass is 10.2. The van der Waals surface area contributed by atoms with Gasteiger partial charge in [0.2, 0.25) is 5.91 Å². The number of ether oxygens (including phenoxy) is 2. The molecule has 0 spiro atoms. The van der Waals surface area contributed by atoms with Gasteiger partial charge in [0.1, 0.15) is 11.9 Å². The van der Waals surface area contributed by atoms with Gasteiger partial charge in [0.15, 0.2) is 0 Å². The van der Waals surface area contributed by atoms with Gasteiger partial charge >= 0.3 is 0 Å². The molecule has 1 aromatic rings. The molecule has 2 rings (SSSR count). The van der Waals surface area contributed by atoms with Crippen molar-refractivity contribution < 1.29 is 19.1 Å². The van der Waals surface area contributed by atoms with Crippen molar-refractivity contribution in [1.29, 1.82) is 0 Å². The number of hydrogen-bond acceptors (Lipinski definition) is 4. The number of rotatable bonds is 5. The summed E-state index contributed by atoms with van der Waals surface area (Å²) in [6, 6.07) is 7.07. The van der Waals surface area contributed by atoms with Crippen molar-refractivity contribution in [3.8, 4) is 5.75 Å². The fraction of sp³-hybridized carbons (Fsp3) is 0.467. The van der Waals surface area contributed by atoms with Crippen molar-refractivity contribution in [1.82, 2.24) is 4.90 Å². The van der Waals surface area contributed by atoms with Crippen LogP contribution in [-0.4, -0.2) is 50.1 Å². The molecule has 1 aliphatic heterocycles. The average molecular weight is 292 g/mol. The monoisotopic (exact) mass is 292 g/mol. The summed E-state index contributed by atoms with van der Waals surface area (Å²) in [4.78, 5) is 25.4. The van der Waals surface area contributed by atoms with E-state index >= 15 is 0 Å². The molecule has 6 heteroatoms. The number of nitrogens with zero attached hydrogens (tertiary/aromatic N) is 1. The zero-order valence-corrected chi connectivity index (χ0v) is 12.3. The van der Waals surface area contributed by atoms with Crippen molar-refractivity contribution in [2.75, 3.05) is 32.6 Å². The van der Waals surface area contributed by atoms with Crippen molar-refractivity contribution in [2.45, 2.75) is 18.9 Å². The molecular weight excluding hydrogens is 272 g/mol. The average Bonchev–Trinajstić information content (AvgIpc) is 3.00. The van der Waals surface area contributed by atoms with Crippen LogP contribution in [0.4, 0.5) is 5.69 Å². The number of hydrogen-bond donors (Lipinski definition) is 1. The minimum absolute atomic E-state index is 0.00406. The fourth-order valence-electron chi connectivity index (χ4n) is 2.21. The molecule has 0 saturated carbocycles. The van der Waals surface area contributed by atoms with Crippen LogP contribution in [0.3, 0.4) is 0 Å². The molecule has 1 saturated heterocycles. The summed E-state index contributed by atoms with van der Waals surface area (Å²) in [7, 11) is 3.17. The largest absolute Gasteiger partial charge is 0.497 e. The number of amides is 2. The van der Waals surface area contributed by atoms with E-state index in [4.69, 9.17) is 9.47 Å². The first-order valence-electron chi connectivity index (χ1n) is 6.90. The molecule has 1 atom stereocenters. The zero-order chi connectivity index (χ0) is 15.2.